The monoisotopic (exact) mass is 323 g/mol. The Bertz CT molecular complexity index is 531. The number of hydrogen-bond donors (Lipinski definition) is 2. The fourth-order valence-electron chi connectivity index (χ4n) is 2.50. The fraction of sp³-hybridized carbons (Fsp3) is 0.588. The smallest absolute Gasteiger partial charge is 0.257 e. The van der Waals surface area contributed by atoms with Crippen molar-refractivity contribution in [3.05, 3.63) is 29.8 Å². The molecule has 1 fully saturated rings. The first-order valence-electron chi connectivity index (χ1n) is 7.95. The van der Waals surface area contributed by atoms with Gasteiger partial charge in [-0.3, -0.25) is 4.79 Å². The topological polar surface area (TPSA) is 79.2 Å². The second kappa shape index (κ2) is 7.77. The summed E-state index contributed by atoms with van der Waals surface area (Å²) >= 11 is 0. The fourth-order valence-corrected chi connectivity index (χ4v) is 2.50. The lowest BCUT2D eigenvalue weighted by Crippen LogP contribution is -2.55. The minimum absolute atomic E-state index is 0.110. The van der Waals surface area contributed by atoms with E-state index in [9.17, 15) is 15.0 Å². The minimum Gasteiger partial charge on any atom is -0.490 e. The van der Waals surface area contributed by atoms with Crippen LogP contribution in [0.25, 0.3) is 0 Å². The van der Waals surface area contributed by atoms with Gasteiger partial charge in [0.1, 0.15) is 12.4 Å². The van der Waals surface area contributed by atoms with Crippen LogP contribution in [0.3, 0.4) is 0 Å². The van der Waals surface area contributed by atoms with E-state index in [0.29, 0.717) is 44.1 Å². The zero-order chi connectivity index (χ0) is 16.9. The highest BCUT2D eigenvalue weighted by atomic mass is 16.5. The van der Waals surface area contributed by atoms with E-state index in [1.807, 2.05) is 13.0 Å². The molecule has 1 heterocycles. The van der Waals surface area contributed by atoms with Crippen LogP contribution in [0.1, 0.15) is 30.6 Å². The van der Waals surface area contributed by atoms with Gasteiger partial charge < -0.3 is 24.6 Å². The van der Waals surface area contributed by atoms with Gasteiger partial charge in [-0.15, -0.1) is 0 Å². The number of nitrogens with zero attached hydrogens (tertiary/aromatic N) is 1. The molecule has 128 valence electrons. The third kappa shape index (κ3) is 4.43. The molecule has 1 aromatic carbocycles. The Hall–Kier alpha value is -1.63. The first-order valence-corrected chi connectivity index (χ1v) is 7.95. The van der Waals surface area contributed by atoms with Gasteiger partial charge in [-0.2, -0.15) is 0 Å². The molecular weight excluding hydrogens is 298 g/mol. The largest absolute Gasteiger partial charge is 0.490 e. The van der Waals surface area contributed by atoms with E-state index in [-0.39, 0.29) is 12.5 Å². The van der Waals surface area contributed by atoms with Crippen LogP contribution in [0.2, 0.25) is 0 Å². The molecule has 0 aromatic heterocycles. The highest BCUT2D eigenvalue weighted by molar-refractivity contribution is 5.97. The number of aliphatic hydroxyl groups excluding tert-OH is 1. The number of piperidine rings is 1. The predicted molar refractivity (Wildman–Crippen MR) is 85.6 cm³/mol. The summed E-state index contributed by atoms with van der Waals surface area (Å²) in [6, 6.07) is 7.04. The maximum Gasteiger partial charge on any atom is 0.257 e. The summed E-state index contributed by atoms with van der Waals surface area (Å²) in [5.74, 6) is 0.301. The molecule has 0 radical (unpaired) electrons. The molecule has 6 nitrogen and oxygen atoms in total. The highest BCUT2D eigenvalue weighted by Crippen LogP contribution is 2.26. The number of para-hydroxylation sites is 1. The molecule has 0 saturated carbocycles. The number of carbonyl (C=O) groups excluding carboxylic acids is 1. The summed E-state index contributed by atoms with van der Waals surface area (Å²) in [5, 5.41) is 20.0. The zero-order valence-electron chi connectivity index (χ0n) is 13.7. The van der Waals surface area contributed by atoms with Gasteiger partial charge in [0, 0.05) is 19.7 Å². The summed E-state index contributed by atoms with van der Waals surface area (Å²) in [7, 11) is 0. The van der Waals surface area contributed by atoms with Crippen molar-refractivity contribution in [3.63, 3.8) is 0 Å². The Morgan fingerprint density at radius 2 is 2.13 bits per heavy atom. The highest BCUT2D eigenvalue weighted by Gasteiger charge is 2.38. The van der Waals surface area contributed by atoms with Crippen molar-refractivity contribution in [2.45, 2.75) is 32.0 Å². The lowest BCUT2D eigenvalue weighted by atomic mass is 9.90. The van der Waals surface area contributed by atoms with Crippen LogP contribution < -0.4 is 4.74 Å². The van der Waals surface area contributed by atoms with Crippen molar-refractivity contribution >= 4 is 5.91 Å². The average Bonchev–Trinajstić information content (AvgIpc) is 2.54. The normalized spacial score (nSPS) is 24.5. The lowest BCUT2D eigenvalue weighted by molar-refractivity contribution is -0.0999. The number of aliphatic hydroxyl groups is 2. The number of benzene rings is 1. The van der Waals surface area contributed by atoms with Crippen molar-refractivity contribution in [1.82, 2.24) is 4.90 Å². The SMILES string of the molecule is CCOCCOc1ccccc1C(=O)N1CC[C@@](C)(O)[C@@H](O)C1. The second-order valence-corrected chi connectivity index (χ2v) is 5.92. The van der Waals surface area contributed by atoms with E-state index in [2.05, 4.69) is 0 Å². The molecular formula is C17H25NO5. The van der Waals surface area contributed by atoms with Gasteiger partial charge in [0.15, 0.2) is 0 Å². The quantitative estimate of drug-likeness (QED) is 0.765. The molecule has 1 amide bonds. The molecule has 2 rings (SSSR count). The van der Waals surface area contributed by atoms with Gasteiger partial charge >= 0.3 is 0 Å². The third-order valence-corrected chi connectivity index (χ3v) is 4.09. The van der Waals surface area contributed by atoms with Crippen LogP contribution in [0.5, 0.6) is 5.75 Å². The van der Waals surface area contributed by atoms with E-state index in [1.54, 1.807) is 30.0 Å². The van der Waals surface area contributed by atoms with Gasteiger partial charge in [-0.1, -0.05) is 12.1 Å². The minimum atomic E-state index is -1.15. The van der Waals surface area contributed by atoms with E-state index < -0.39 is 11.7 Å². The standard InChI is InChI=1S/C17H25NO5/c1-3-22-10-11-23-14-7-5-4-6-13(14)16(20)18-9-8-17(2,21)15(19)12-18/h4-7,15,19,21H,3,8-12H2,1-2H3/t15-,17+/m0/s1. The molecule has 1 saturated heterocycles. The van der Waals surface area contributed by atoms with Crippen LogP contribution in [-0.2, 0) is 4.74 Å². The number of likely N-dealkylation sites (tertiary alicyclic amines) is 1. The number of hydrogen-bond acceptors (Lipinski definition) is 5. The first kappa shape index (κ1) is 17.7. The summed E-state index contributed by atoms with van der Waals surface area (Å²) in [6.45, 7) is 5.46. The maximum absolute atomic E-state index is 12.7. The van der Waals surface area contributed by atoms with Crippen LogP contribution in [-0.4, -0.2) is 65.6 Å². The van der Waals surface area contributed by atoms with E-state index in [1.165, 1.54) is 0 Å². The predicted octanol–water partition coefficient (Wildman–Crippen LogP) is 1.06. The number of rotatable bonds is 6. The summed E-state index contributed by atoms with van der Waals surface area (Å²) in [5.41, 5.74) is -0.692. The van der Waals surface area contributed by atoms with E-state index in [4.69, 9.17) is 9.47 Å². The molecule has 0 bridgehead atoms. The Labute approximate surface area is 136 Å². The van der Waals surface area contributed by atoms with E-state index >= 15 is 0 Å². The van der Waals surface area contributed by atoms with Gasteiger partial charge in [-0.25, -0.2) is 0 Å². The molecule has 0 spiro atoms. The average molecular weight is 323 g/mol. The van der Waals surface area contributed by atoms with Crippen molar-refractivity contribution in [2.75, 3.05) is 32.9 Å². The van der Waals surface area contributed by atoms with Crippen molar-refractivity contribution in [2.24, 2.45) is 0 Å². The summed E-state index contributed by atoms with van der Waals surface area (Å²) < 4.78 is 10.9. The third-order valence-electron chi connectivity index (χ3n) is 4.09. The Morgan fingerprint density at radius 3 is 2.83 bits per heavy atom. The summed E-state index contributed by atoms with van der Waals surface area (Å²) in [4.78, 5) is 14.2. The molecule has 0 unspecified atom stereocenters. The molecule has 1 aliphatic rings. The number of carbonyl (C=O) groups is 1. The Kier molecular flexibility index (Phi) is 5.98. The Balaban J connectivity index is 2.05. The van der Waals surface area contributed by atoms with Gasteiger partial charge in [0.05, 0.1) is 23.9 Å². The van der Waals surface area contributed by atoms with Crippen LogP contribution in [0.4, 0.5) is 0 Å². The van der Waals surface area contributed by atoms with Crippen molar-refractivity contribution in [3.8, 4) is 5.75 Å². The Morgan fingerprint density at radius 1 is 1.39 bits per heavy atom. The lowest BCUT2D eigenvalue weighted by Gasteiger charge is -2.40. The van der Waals surface area contributed by atoms with Crippen molar-refractivity contribution in [1.29, 1.82) is 0 Å². The second-order valence-electron chi connectivity index (χ2n) is 5.92. The van der Waals surface area contributed by atoms with Gasteiger partial charge in [0.2, 0.25) is 0 Å². The molecule has 1 aliphatic heterocycles. The molecule has 0 aliphatic carbocycles. The number of β-amino-alcohol motifs (C(OH)–C–C–N with tert-alkyl or cyclic N) is 1. The molecule has 2 atom stereocenters. The van der Waals surface area contributed by atoms with Crippen LogP contribution >= 0.6 is 0 Å². The van der Waals surface area contributed by atoms with Crippen LogP contribution in [0.15, 0.2) is 24.3 Å². The van der Waals surface area contributed by atoms with E-state index in [0.717, 1.165) is 0 Å². The first-order chi connectivity index (χ1) is 11.0. The zero-order valence-corrected chi connectivity index (χ0v) is 13.7. The summed E-state index contributed by atoms with van der Waals surface area (Å²) in [6.07, 6.45) is -0.612. The molecule has 6 heteroatoms. The van der Waals surface area contributed by atoms with Crippen LogP contribution in [0, 0.1) is 0 Å². The van der Waals surface area contributed by atoms with Crippen molar-refractivity contribution < 1.29 is 24.5 Å². The number of ether oxygens (including phenoxy) is 2. The molecule has 1 aromatic rings. The van der Waals surface area contributed by atoms with Gasteiger partial charge in [-0.05, 0) is 32.4 Å². The molecule has 2 N–H and O–H groups in total. The number of amides is 1. The van der Waals surface area contributed by atoms with Gasteiger partial charge in [0.25, 0.3) is 5.91 Å². The molecule has 23 heavy (non-hydrogen) atoms. The maximum atomic E-state index is 12.7.